The molecule has 0 radical (unpaired) electrons. The van der Waals surface area contributed by atoms with E-state index in [9.17, 15) is 4.79 Å². The predicted octanol–water partition coefficient (Wildman–Crippen LogP) is 4.02. The number of fused-ring (bicyclic) bond motifs is 3. The molecule has 1 aromatic carbocycles. The molecule has 2 fully saturated rings. The maximum absolute atomic E-state index is 12.6. The van der Waals surface area contributed by atoms with Crippen LogP contribution < -0.4 is 10.6 Å². The molecule has 0 saturated carbocycles. The van der Waals surface area contributed by atoms with Gasteiger partial charge < -0.3 is 15.1 Å². The summed E-state index contributed by atoms with van der Waals surface area (Å²) in [6, 6.07) is 7.04. The summed E-state index contributed by atoms with van der Waals surface area (Å²) in [5.41, 5.74) is 2.73. The average molecular weight is 371 g/mol. The van der Waals surface area contributed by atoms with E-state index in [2.05, 4.69) is 24.5 Å². The van der Waals surface area contributed by atoms with Gasteiger partial charge in [0.15, 0.2) is 0 Å². The van der Waals surface area contributed by atoms with E-state index in [1.807, 2.05) is 18.2 Å². The van der Waals surface area contributed by atoms with Crippen LogP contribution in [0.1, 0.15) is 54.9 Å². The smallest absolute Gasteiger partial charge is 0.251 e. The zero-order chi connectivity index (χ0) is 15.3. The SMILES string of the molecule is CC(C)c1coc2ccc(C(=O)NC3CC4CCC3N4)cc12.Cl.Cl. The number of rotatable bonds is 3. The molecule has 2 N–H and O–H groups in total. The highest BCUT2D eigenvalue weighted by molar-refractivity contribution is 5.98. The monoisotopic (exact) mass is 370 g/mol. The third-order valence-electron chi connectivity index (χ3n) is 5.10. The van der Waals surface area contributed by atoms with Crippen molar-refractivity contribution in [1.82, 2.24) is 10.6 Å². The Balaban J connectivity index is 0.00000104. The standard InChI is InChI=1S/C18H22N2O2.2ClH/c1-10(2)14-9-22-17-6-3-11(7-13(14)17)18(21)20-16-8-12-4-5-15(16)19-12;;/h3,6-7,9-10,12,15-16,19H,4-5,8H2,1-2H3,(H,20,21);2*1H. The number of amides is 1. The molecule has 0 spiro atoms. The second-order valence-electron chi connectivity index (χ2n) is 6.92. The van der Waals surface area contributed by atoms with Crippen molar-refractivity contribution in [2.75, 3.05) is 0 Å². The van der Waals surface area contributed by atoms with Crippen molar-refractivity contribution in [2.24, 2.45) is 0 Å². The predicted molar refractivity (Wildman–Crippen MR) is 101 cm³/mol. The lowest BCUT2D eigenvalue weighted by Gasteiger charge is -2.21. The number of nitrogens with one attached hydrogen (secondary N) is 2. The summed E-state index contributed by atoms with van der Waals surface area (Å²) >= 11 is 0. The number of halogens is 2. The number of carbonyl (C=O) groups is 1. The van der Waals surface area contributed by atoms with Crippen LogP contribution in [0.15, 0.2) is 28.9 Å². The first kappa shape index (κ1) is 19.1. The third kappa shape index (κ3) is 3.28. The number of hydrogen-bond acceptors (Lipinski definition) is 3. The van der Waals surface area contributed by atoms with Crippen LogP contribution in [0.4, 0.5) is 0 Å². The average Bonchev–Trinajstić information content (AvgIpc) is 3.20. The minimum atomic E-state index is 0. The molecule has 24 heavy (non-hydrogen) atoms. The Morgan fingerprint density at radius 3 is 2.71 bits per heavy atom. The molecule has 3 unspecified atom stereocenters. The third-order valence-corrected chi connectivity index (χ3v) is 5.10. The summed E-state index contributed by atoms with van der Waals surface area (Å²) in [7, 11) is 0. The second-order valence-corrected chi connectivity index (χ2v) is 6.92. The van der Waals surface area contributed by atoms with Crippen molar-refractivity contribution in [1.29, 1.82) is 0 Å². The molecule has 4 rings (SSSR count). The molecule has 2 aliphatic rings. The van der Waals surface area contributed by atoms with E-state index in [0.717, 1.165) is 28.5 Å². The van der Waals surface area contributed by atoms with Crippen LogP contribution >= 0.6 is 24.8 Å². The maximum atomic E-state index is 12.6. The first-order valence-electron chi connectivity index (χ1n) is 8.20. The topological polar surface area (TPSA) is 54.3 Å². The Morgan fingerprint density at radius 1 is 1.29 bits per heavy atom. The minimum absolute atomic E-state index is 0. The van der Waals surface area contributed by atoms with E-state index in [1.54, 1.807) is 6.26 Å². The number of carbonyl (C=O) groups excluding carboxylic acids is 1. The molecule has 0 aliphatic carbocycles. The van der Waals surface area contributed by atoms with Crippen molar-refractivity contribution in [3.8, 4) is 0 Å². The number of benzene rings is 1. The molecule has 2 bridgehead atoms. The van der Waals surface area contributed by atoms with Gasteiger partial charge in [0.25, 0.3) is 5.91 Å². The molecule has 132 valence electrons. The van der Waals surface area contributed by atoms with Gasteiger partial charge in [-0.3, -0.25) is 4.79 Å². The summed E-state index contributed by atoms with van der Waals surface area (Å²) in [5, 5.41) is 7.80. The van der Waals surface area contributed by atoms with E-state index in [0.29, 0.717) is 18.0 Å². The Bertz CT molecular complexity index is 729. The quantitative estimate of drug-likeness (QED) is 0.857. The van der Waals surface area contributed by atoms with Crippen LogP contribution in [0.25, 0.3) is 11.0 Å². The molecule has 3 atom stereocenters. The van der Waals surface area contributed by atoms with Crippen LogP contribution in [0, 0.1) is 0 Å². The van der Waals surface area contributed by atoms with E-state index in [-0.39, 0.29) is 36.8 Å². The van der Waals surface area contributed by atoms with Gasteiger partial charge in [0.2, 0.25) is 0 Å². The van der Waals surface area contributed by atoms with E-state index in [1.165, 1.54) is 12.8 Å². The van der Waals surface area contributed by atoms with Gasteiger partial charge in [0.05, 0.1) is 6.26 Å². The highest BCUT2D eigenvalue weighted by atomic mass is 35.5. The zero-order valence-corrected chi connectivity index (χ0v) is 15.5. The fraction of sp³-hybridized carbons (Fsp3) is 0.500. The van der Waals surface area contributed by atoms with Gasteiger partial charge in [-0.2, -0.15) is 0 Å². The van der Waals surface area contributed by atoms with Crippen molar-refractivity contribution in [2.45, 2.75) is 57.2 Å². The number of furan rings is 1. The van der Waals surface area contributed by atoms with Gasteiger partial charge in [-0.05, 0) is 43.4 Å². The molecule has 6 heteroatoms. The second kappa shape index (κ2) is 7.34. The van der Waals surface area contributed by atoms with Crippen LogP contribution in [-0.4, -0.2) is 24.0 Å². The van der Waals surface area contributed by atoms with Crippen molar-refractivity contribution < 1.29 is 9.21 Å². The van der Waals surface area contributed by atoms with Gasteiger partial charge in [-0.1, -0.05) is 13.8 Å². The van der Waals surface area contributed by atoms with E-state index < -0.39 is 0 Å². The summed E-state index contributed by atoms with van der Waals surface area (Å²) in [6.07, 6.45) is 5.28. The van der Waals surface area contributed by atoms with Crippen molar-refractivity contribution in [3.05, 3.63) is 35.6 Å². The van der Waals surface area contributed by atoms with Crippen molar-refractivity contribution in [3.63, 3.8) is 0 Å². The molecule has 2 aromatic rings. The van der Waals surface area contributed by atoms with Gasteiger partial charge in [0, 0.05) is 34.6 Å². The van der Waals surface area contributed by atoms with Crippen LogP contribution in [0.5, 0.6) is 0 Å². The maximum Gasteiger partial charge on any atom is 0.251 e. The molecule has 4 nitrogen and oxygen atoms in total. The van der Waals surface area contributed by atoms with Gasteiger partial charge in [0.1, 0.15) is 5.58 Å². The lowest BCUT2D eigenvalue weighted by molar-refractivity contribution is 0.0931. The highest BCUT2D eigenvalue weighted by Gasteiger charge is 2.39. The summed E-state index contributed by atoms with van der Waals surface area (Å²) < 4.78 is 5.58. The lowest BCUT2D eigenvalue weighted by Crippen LogP contribution is -2.42. The molecule has 1 aromatic heterocycles. The summed E-state index contributed by atoms with van der Waals surface area (Å²) in [6.45, 7) is 4.27. The fourth-order valence-electron chi connectivity index (χ4n) is 3.87. The first-order chi connectivity index (χ1) is 10.6. The van der Waals surface area contributed by atoms with Crippen molar-refractivity contribution >= 4 is 41.7 Å². The molecule has 2 aliphatic heterocycles. The first-order valence-corrected chi connectivity index (χ1v) is 8.20. The van der Waals surface area contributed by atoms with E-state index in [4.69, 9.17) is 4.42 Å². The molecule has 2 saturated heterocycles. The molecular formula is C18H24Cl2N2O2. The summed E-state index contributed by atoms with van der Waals surface area (Å²) in [4.78, 5) is 12.6. The lowest BCUT2D eigenvalue weighted by atomic mass is 9.95. The van der Waals surface area contributed by atoms with Gasteiger partial charge in [-0.15, -0.1) is 24.8 Å². The normalized spacial score (nSPS) is 24.7. The zero-order valence-electron chi connectivity index (χ0n) is 13.9. The van der Waals surface area contributed by atoms with Crippen LogP contribution in [-0.2, 0) is 0 Å². The Kier molecular flexibility index (Phi) is 5.84. The Hall–Kier alpha value is -1.23. The largest absolute Gasteiger partial charge is 0.464 e. The molecule has 3 heterocycles. The van der Waals surface area contributed by atoms with E-state index >= 15 is 0 Å². The number of hydrogen-bond donors (Lipinski definition) is 2. The Morgan fingerprint density at radius 2 is 2.08 bits per heavy atom. The van der Waals surface area contributed by atoms with Gasteiger partial charge >= 0.3 is 0 Å². The minimum Gasteiger partial charge on any atom is -0.464 e. The van der Waals surface area contributed by atoms with Crippen LogP contribution in [0.2, 0.25) is 0 Å². The molecule has 1 amide bonds. The molecular weight excluding hydrogens is 347 g/mol. The van der Waals surface area contributed by atoms with Gasteiger partial charge in [-0.25, -0.2) is 0 Å². The summed E-state index contributed by atoms with van der Waals surface area (Å²) in [5.74, 6) is 0.409. The van der Waals surface area contributed by atoms with Crippen LogP contribution in [0.3, 0.4) is 0 Å². The fourth-order valence-corrected chi connectivity index (χ4v) is 3.87. The Labute approximate surface area is 154 Å². The highest BCUT2D eigenvalue weighted by Crippen LogP contribution is 2.30.